The van der Waals surface area contributed by atoms with Crippen molar-refractivity contribution in [3.8, 4) is 0 Å². The lowest BCUT2D eigenvalue weighted by Crippen LogP contribution is -2.48. The molecule has 4 aromatic rings. The number of hydroxylamine groups is 2. The molecule has 0 radical (unpaired) electrons. The molecule has 57 heavy (non-hydrogen) atoms. The molecule has 0 bridgehead atoms. The molecular formula is C42H51N9O5S. The minimum absolute atomic E-state index is 0.271. The molecule has 0 atom stereocenters. The Labute approximate surface area is 338 Å². The minimum atomic E-state index is -0.404. The molecule has 5 rings (SSSR count). The number of piperazine rings is 1. The lowest BCUT2D eigenvalue weighted by atomic mass is 10.1. The van der Waals surface area contributed by atoms with Crippen molar-refractivity contribution >= 4 is 45.9 Å². The monoisotopic (exact) mass is 793 g/mol. The van der Waals surface area contributed by atoms with Crippen LogP contribution in [0.15, 0.2) is 96.9 Å². The summed E-state index contributed by atoms with van der Waals surface area (Å²) in [6, 6.07) is 16.9. The predicted molar refractivity (Wildman–Crippen MR) is 223 cm³/mol. The van der Waals surface area contributed by atoms with E-state index in [4.69, 9.17) is 14.6 Å². The van der Waals surface area contributed by atoms with E-state index in [1.165, 1.54) is 23.5 Å². The van der Waals surface area contributed by atoms with Crippen molar-refractivity contribution in [1.82, 2.24) is 35.1 Å². The molecule has 1 fully saturated rings. The zero-order valence-corrected chi connectivity index (χ0v) is 34.3. The molecule has 0 spiro atoms. The number of allylic oxidation sites excluding steroid dienone is 3. The predicted octanol–water partition coefficient (Wildman–Crippen LogP) is 6.00. The van der Waals surface area contributed by atoms with E-state index in [0.29, 0.717) is 51.6 Å². The van der Waals surface area contributed by atoms with E-state index in [1.807, 2.05) is 51.1 Å². The van der Waals surface area contributed by atoms with Gasteiger partial charge in [0.15, 0.2) is 5.13 Å². The lowest BCUT2D eigenvalue weighted by Gasteiger charge is -2.36. The van der Waals surface area contributed by atoms with Gasteiger partial charge in [-0.25, -0.2) is 24.5 Å². The number of hydrogen-bond donors (Lipinski definition) is 2. The van der Waals surface area contributed by atoms with Crippen LogP contribution in [0, 0.1) is 6.92 Å². The number of rotatable bonds is 17. The highest BCUT2D eigenvalue weighted by Gasteiger charge is 2.21. The van der Waals surface area contributed by atoms with Crippen LogP contribution in [0.25, 0.3) is 0 Å². The normalized spacial score (nSPS) is 13.6. The van der Waals surface area contributed by atoms with E-state index in [1.54, 1.807) is 50.6 Å². The zero-order valence-electron chi connectivity index (χ0n) is 33.5. The topological polar surface area (TPSA) is 145 Å². The van der Waals surface area contributed by atoms with Crippen LogP contribution >= 0.6 is 11.3 Å². The Bertz CT molecular complexity index is 2090. The highest BCUT2D eigenvalue weighted by atomic mass is 32.1. The van der Waals surface area contributed by atoms with Crippen molar-refractivity contribution in [1.29, 1.82) is 0 Å². The molecule has 1 amide bonds. The third-order valence-electron chi connectivity index (χ3n) is 9.23. The maximum absolute atomic E-state index is 13.0. The van der Waals surface area contributed by atoms with Gasteiger partial charge in [0.25, 0.3) is 5.91 Å². The second kappa shape index (κ2) is 19.9. The van der Waals surface area contributed by atoms with Crippen LogP contribution in [0.4, 0.5) is 16.8 Å². The van der Waals surface area contributed by atoms with Crippen molar-refractivity contribution in [3.05, 3.63) is 130 Å². The first-order chi connectivity index (χ1) is 27.3. The van der Waals surface area contributed by atoms with Gasteiger partial charge in [-0.15, -0.1) is 5.06 Å². The van der Waals surface area contributed by atoms with Crippen LogP contribution in [0.2, 0.25) is 0 Å². The fourth-order valence-corrected chi connectivity index (χ4v) is 6.90. The molecule has 2 N–H and O–H groups in total. The van der Waals surface area contributed by atoms with Crippen molar-refractivity contribution in [2.75, 3.05) is 70.7 Å². The summed E-state index contributed by atoms with van der Waals surface area (Å²) in [5.41, 5.74) is 5.35. The summed E-state index contributed by atoms with van der Waals surface area (Å²) >= 11 is 1.24. The van der Waals surface area contributed by atoms with Gasteiger partial charge in [0.2, 0.25) is 0 Å². The van der Waals surface area contributed by atoms with Gasteiger partial charge in [0.1, 0.15) is 22.3 Å². The van der Waals surface area contributed by atoms with Crippen LogP contribution in [-0.4, -0.2) is 108 Å². The average molecular weight is 794 g/mol. The summed E-state index contributed by atoms with van der Waals surface area (Å²) in [4.78, 5) is 63.8. The Hall–Kier alpha value is -5.74. The Morgan fingerprint density at radius 3 is 2.11 bits per heavy atom. The summed E-state index contributed by atoms with van der Waals surface area (Å²) in [5.74, 6) is 1.01. The second-order valence-corrected chi connectivity index (χ2v) is 15.0. The van der Waals surface area contributed by atoms with Gasteiger partial charge < -0.3 is 25.1 Å². The third-order valence-corrected chi connectivity index (χ3v) is 10.1. The number of esters is 1. The molecule has 1 saturated heterocycles. The smallest absolute Gasteiger partial charge is 0.356 e. The van der Waals surface area contributed by atoms with Crippen molar-refractivity contribution in [3.63, 3.8) is 0 Å². The Morgan fingerprint density at radius 1 is 0.930 bits per heavy atom. The summed E-state index contributed by atoms with van der Waals surface area (Å²) in [6.45, 7) is 19.6. The molecular weight excluding hydrogens is 743 g/mol. The van der Waals surface area contributed by atoms with E-state index in [-0.39, 0.29) is 11.9 Å². The van der Waals surface area contributed by atoms with E-state index in [9.17, 15) is 14.4 Å². The van der Waals surface area contributed by atoms with Crippen molar-refractivity contribution < 1.29 is 24.0 Å². The van der Waals surface area contributed by atoms with Crippen LogP contribution in [0.5, 0.6) is 0 Å². The van der Waals surface area contributed by atoms with Crippen LogP contribution < -0.4 is 15.5 Å². The number of aromatic nitrogens is 3. The highest BCUT2D eigenvalue weighted by Crippen LogP contribution is 2.25. The van der Waals surface area contributed by atoms with Crippen molar-refractivity contribution in [2.24, 2.45) is 0 Å². The first kappa shape index (κ1) is 42.4. The number of nitrogens with one attached hydrogen (secondary N) is 2. The van der Waals surface area contributed by atoms with Crippen LogP contribution in [0.1, 0.15) is 61.2 Å². The van der Waals surface area contributed by atoms with Gasteiger partial charge in [0.05, 0.1) is 24.4 Å². The molecule has 14 nitrogen and oxygen atoms in total. The van der Waals surface area contributed by atoms with Gasteiger partial charge in [-0.1, -0.05) is 54.8 Å². The largest absolute Gasteiger partial charge is 0.465 e. The number of nitrogens with zero attached hydrogens (tertiary/aromatic N) is 7. The number of benzene rings is 2. The summed E-state index contributed by atoms with van der Waals surface area (Å²) in [7, 11) is 4.71. The molecule has 3 heterocycles. The van der Waals surface area contributed by atoms with E-state index < -0.39 is 5.97 Å². The standard InChI is InChI=1S/C42H51N9O5S/c1-9-29(4)38(28(2)3)47-39(52)35-25-43-42(57-35)46-36-24-37(45-30(5)44-36)51-22-20-49(21-23-51)18-19-50(26-31-10-14-33(15-11-31)40(53)55-8)27-32-12-16-34(17-13-32)41(54)56-48(6)7/h9-17,24-25H,1-2,18-23,26-27H2,3-8H3,(H,47,52)(H,43,44,45,46)/b38-29+. The molecule has 2 aromatic heterocycles. The highest BCUT2D eigenvalue weighted by molar-refractivity contribution is 7.17. The molecule has 300 valence electrons. The Balaban J connectivity index is 1.19. The number of methoxy groups -OCH3 is 1. The number of ether oxygens (including phenoxy) is 1. The maximum Gasteiger partial charge on any atom is 0.356 e. The SMILES string of the molecule is C=C/C(C)=C(/NC(=O)c1cnc(Nc2cc(N3CCN(CCN(Cc4ccc(C(=O)OC)cc4)Cc4ccc(C(=O)ON(C)C)cc4)CC3)nc(C)n2)s1)C(=C)C. The lowest BCUT2D eigenvalue weighted by molar-refractivity contribution is -0.0713. The first-order valence-corrected chi connectivity index (χ1v) is 19.4. The molecule has 0 aliphatic carbocycles. The number of carbonyl (C=O) groups excluding carboxylic acids is 3. The van der Waals surface area contributed by atoms with Gasteiger partial charge in [-0.3, -0.25) is 14.6 Å². The number of amides is 1. The molecule has 1 aliphatic rings. The van der Waals surface area contributed by atoms with Crippen molar-refractivity contribution in [2.45, 2.75) is 33.9 Å². The van der Waals surface area contributed by atoms with Gasteiger partial charge >= 0.3 is 11.9 Å². The zero-order chi connectivity index (χ0) is 41.1. The first-order valence-electron chi connectivity index (χ1n) is 18.6. The van der Waals surface area contributed by atoms with Crippen LogP contribution in [-0.2, 0) is 22.7 Å². The Kier molecular flexibility index (Phi) is 14.8. The molecule has 15 heteroatoms. The van der Waals surface area contributed by atoms with Gasteiger partial charge in [-0.2, -0.15) is 0 Å². The fourth-order valence-electron chi connectivity index (χ4n) is 6.19. The number of carbonyl (C=O) groups is 3. The average Bonchev–Trinajstić information content (AvgIpc) is 3.67. The molecule has 0 unspecified atom stereocenters. The molecule has 1 aliphatic heterocycles. The van der Waals surface area contributed by atoms with E-state index in [0.717, 1.165) is 67.4 Å². The summed E-state index contributed by atoms with van der Waals surface area (Å²) < 4.78 is 4.87. The number of thiazole rings is 1. The minimum Gasteiger partial charge on any atom is -0.465 e. The number of hydrogen-bond acceptors (Lipinski definition) is 14. The van der Waals surface area contributed by atoms with Gasteiger partial charge in [-0.05, 0) is 67.3 Å². The van der Waals surface area contributed by atoms with Crippen LogP contribution in [0.3, 0.4) is 0 Å². The number of anilines is 3. The quantitative estimate of drug-likeness (QED) is 0.0734. The molecule has 0 saturated carbocycles. The fraction of sp³-hybridized carbons (Fsp3) is 0.333. The maximum atomic E-state index is 13.0. The van der Waals surface area contributed by atoms with Gasteiger partial charge in [0, 0.05) is 78.2 Å². The van der Waals surface area contributed by atoms with E-state index >= 15 is 0 Å². The summed E-state index contributed by atoms with van der Waals surface area (Å²) in [5, 5.41) is 8.10. The molecule has 2 aromatic carbocycles. The second-order valence-electron chi connectivity index (χ2n) is 13.9. The number of aryl methyl sites for hydroxylation is 1. The third kappa shape index (κ3) is 12.1. The van der Waals surface area contributed by atoms with E-state index in [2.05, 4.69) is 48.5 Å². The summed E-state index contributed by atoms with van der Waals surface area (Å²) in [6.07, 6.45) is 3.22. The Morgan fingerprint density at radius 2 is 1.54 bits per heavy atom.